The Kier molecular flexibility index (Phi) is 7.72. The number of rotatable bonds is 10. The van der Waals surface area contributed by atoms with Crippen LogP contribution in [0.5, 0.6) is 5.75 Å². The molecule has 1 N–H and O–H groups in total. The highest BCUT2D eigenvalue weighted by Crippen LogP contribution is 2.36. The van der Waals surface area contributed by atoms with Crippen LogP contribution in [0.1, 0.15) is 50.5 Å². The lowest BCUT2D eigenvalue weighted by Gasteiger charge is -2.36. The fourth-order valence-electron chi connectivity index (χ4n) is 4.13. The number of carboxylic acid groups (broad SMARTS) is 1. The van der Waals surface area contributed by atoms with E-state index in [1.807, 2.05) is 36.4 Å². The number of unbranched alkanes of at least 4 members (excludes halogenated alkanes) is 1. The quantitative estimate of drug-likeness (QED) is 0.306. The molecule has 1 saturated heterocycles. The molecule has 0 bridgehead atoms. The van der Waals surface area contributed by atoms with Crippen molar-refractivity contribution in [2.45, 2.75) is 49.7 Å². The van der Waals surface area contributed by atoms with Crippen molar-refractivity contribution in [2.24, 2.45) is 4.58 Å². The molecule has 162 valence electrons. The number of methoxy groups -OCH3 is 1. The van der Waals surface area contributed by atoms with E-state index < -0.39 is 11.9 Å². The Morgan fingerprint density at radius 2 is 1.90 bits per heavy atom. The largest absolute Gasteiger partial charge is 0.497 e. The predicted molar refractivity (Wildman–Crippen MR) is 122 cm³/mol. The number of fused-ring (bicyclic) bond motifs is 1. The summed E-state index contributed by atoms with van der Waals surface area (Å²) in [6.45, 7) is 5.01. The third kappa shape index (κ3) is 5.73. The minimum atomic E-state index is -0.769. The fourth-order valence-corrected chi connectivity index (χ4v) is 4.68. The molecule has 0 saturated carbocycles. The van der Waals surface area contributed by atoms with Crippen LogP contribution in [-0.2, 0) is 4.79 Å². The average molecular weight is 431 g/mol. The number of likely N-dealkylation sites (tertiary alicyclic amines) is 1. The number of benzene rings is 2. The molecule has 3 rings (SSSR count). The molecule has 2 aromatic carbocycles. The van der Waals surface area contributed by atoms with E-state index in [0.29, 0.717) is 6.42 Å². The lowest BCUT2D eigenvalue weighted by molar-refractivity contribution is -0.139. The minimum absolute atomic E-state index is 0.0350. The van der Waals surface area contributed by atoms with Gasteiger partial charge in [-0.15, -0.1) is 4.91 Å². The zero-order valence-electron chi connectivity index (χ0n) is 17.7. The molecule has 1 aliphatic rings. The van der Waals surface area contributed by atoms with Crippen molar-refractivity contribution in [1.82, 2.24) is 4.90 Å². The smallest absolute Gasteiger partial charge is 0.310 e. The Balaban J connectivity index is 1.52. The number of carboxylic acids is 1. The Morgan fingerprint density at radius 3 is 2.57 bits per heavy atom. The van der Waals surface area contributed by atoms with Gasteiger partial charge in [0, 0.05) is 21.3 Å². The molecule has 0 radical (unpaired) electrons. The molecule has 1 heterocycles. The van der Waals surface area contributed by atoms with Crippen molar-refractivity contribution in [3.63, 3.8) is 0 Å². The number of ether oxygens (including phenoxy) is 1. The third-order valence-corrected chi connectivity index (χ3v) is 7.08. The summed E-state index contributed by atoms with van der Waals surface area (Å²) >= 11 is 1.16. The summed E-state index contributed by atoms with van der Waals surface area (Å²) in [7, 11) is 1.64. The van der Waals surface area contributed by atoms with Crippen LogP contribution in [0.2, 0.25) is 0 Å². The van der Waals surface area contributed by atoms with Gasteiger partial charge in [0.2, 0.25) is 0 Å². The Morgan fingerprint density at radius 1 is 1.20 bits per heavy atom. The summed E-state index contributed by atoms with van der Waals surface area (Å²) in [4.78, 5) is 24.9. The van der Waals surface area contributed by atoms with E-state index in [4.69, 9.17) is 4.74 Å². The SMILES string of the molecule is COc1ccc2cc([C@H](CCCCN3CCC(C)(SN=O)CC3)C(=O)O)ccc2c1. The first-order valence-corrected chi connectivity index (χ1v) is 11.3. The van der Waals surface area contributed by atoms with Crippen LogP contribution in [-0.4, -0.2) is 47.5 Å². The number of hydrogen-bond acceptors (Lipinski definition) is 6. The fraction of sp³-hybridized carbons (Fsp3) is 0.522. The van der Waals surface area contributed by atoms with Gasteiger partial charge in [0.05, 0.1) is 13.0 Å². The summed E-state index contributed by atoms with van der Waals surface area (Å²) < 4.78 is 8.23. The van der Waals surface area contributed by atoms with Crippen LogP contribution in [0.15, 0.2) is 41.0 Å². The normalized spacial score (nSPS) is 17.5. The average Bonchev–Trinajstić information content (AvgIpc) is 2.74. The highest BCUT2D eigenvalue weighted by Gasteiger charge is 2.31. The van der Waals surface area contributed by atoms with Crippen molar-refractivity contribution in [1.29, 1.82) is 0 Å². The van der Waals surface area contributed by atoms with E-state index >= 15 is 0 Å². The van der Waals surface area contributed by atoms with Gasteiger partial charge in [-0.05, 0) is 80.7 Å². The molecular weight excluding hydrogens is 400 g/mol. The summed E-state index contributed by atoms with van der Waals surface area (Å²) in [5.74, 6) is -0.463. The van der Waals surface area contributed by atoms with E-state index in [-0.39, 0.29) is 4.75 Å². The van der Waals surface area contributed by atoms with E-state index in [1.165, 1.54) is 0 Å². The number of carbonyl (C=O) groups is 1. The maximum atomic E-state index is 11.9. The molecule has 2 aromatic rings. The maximum absolute atomic E-state index is 11.9. The molecule has 0 unspecified atom stereocenters. The summed E-state index contributed by atoms with van der Waals surface area (Å²) in [5, 5.41) is 11.8. The first-order valence-electron chi connectivity index (χ1n) is 10.5. The summed E-state index contributed by atoms with van der Waals surface area (Å²) in [6, 6.07) is 11.7. The van der Waals surface area contributed by atoms with Crippen LogP contribution in [0.25, 0.3) is 10.8 Å². The van der Waals surface area contributed by atoms with Crippen molar-refractivity contribution in [3.8, 4) is 5.75 Å². The van der Waals surface area contributed by atoms with E-state index in [0.717, 1.165) is 79.4 Å². The molecule has 30 heavy (non-hydrogen) atoms. The van der Waals surface area contributed by atoms with Gasteiger partial charge < -0.3 is 14.7 Å². The number of nitroso groups, excluding NO2 is 1. The molecule has 7 heteroatoms. The Bertz CT molecular complexity index is 881. The molecule has 6 nitrogen and oxygen atoms in total. The van der Waals surface area contributed by atoms with Gasteiger partial charge in [-0.2, -0.15) is 0 Å². The number of piperidine rings is 1. The van der Waals surface area contributed by atoms with Crippen molar-refractivity contribution in [2.75, 3.05) is 26.7 Å². The number of hydrogen-bond donors (Lipinski definition) is 1. The zero-order chi connectivity index (χ0) is 21.6. The van der Waals surface area contributed by atoms with E-state index in [2.05, 4.69) is 16.4 Å². The Hall–Kier alpha value is -2.12. The standard InChI is InChI=1S/C23H30N2O4S/c1-23(30-24-28)10-13-25(14-11-23)12-4-3-5-21(22(26)27)19-7-6-18-16-20(29-2)9-8-17(18)15-19/h6-9,15-16,21H,3-5,10-14H2,1-2H3,(H,26,27)/t21-/m0/s1. The van der Waals surface area contributed by atoms with Gasteiger partial charge in [0.15, 0.2) is 0 Å². The first-order chi connectivity index (χ1) is 14.4. The zero-order valence-corrected chi connectivity index (χ0v) is 18.5. The van der Waals surface area contributed by atoms with E-state index in [1.54, 1.807) is 7.11 Å². The monoisotopic (exact) mass is 430 g/mol. The topological polar surface area (TPSA) is 79.2 Å². The molecule has 1 atom stereocenters. The van der Waals surface area contributed by atoms with Crippen LogP contribution in [0, 0.1) is 4.91 Å². The number of nitrogens with zero attached hydrogens (tertiary/aromatic N) is 2. The molecule has 0 aliphatic carbocycles. The highest BCUT2D eigenvalue weighted by atomic mass is 32.2. The molecular formula is C23H30N2O4S. The highest BCUT2D eigenvalue weighted by molar-refractivity contribution is 7.99. The van der Waals surface area contributed by atoms with Crippen molar-refractivity contribution >= 4 is 28.7 Å². The first kappa shape index (κ1) is 22.6. The van der Waals surface area contributed by atoms with Crippen LogP contribution in [0.4, 0.5) is 0 Å². The molecule has 0 amide bonds. The predicted octanol–water partition coefficient (Wildman–Crippen LogP) is 5.46. The minimum Gasteiger partial charge on any atom is -0.497 e. The van der Waals surface area contributed by atoms with Crippen LogP contribution >= 0.6 is 11.9 Å². The molecule has 1 aliphatic heterocycles. The molecule has 0 spiro atoms. The lowest BCUT2D eigenvalue weighted by atomic mass is 9.91. The molecule has 0 aromatic heterocycles. The third-order valence-electron chi connectivity index (χ3n) is 6.16. The van der Waals surface area contributed by atoms with Gasteiger partial charge in [0.25, 0.3) is 0 Å². The van der Waals surface area contributed by atoms with Gasteiger partial charge >= 0.3 is 5.97 Å². The second-order valence-corrected chi connectivity index (χ2v) is 9.63. The lowest BCUT2D eigenvalue weighted by Crippen LogP contribution is -2.40. The van der Waals surface area contributed by atoms with Gasteiger partial charge in [-0.25, -0.2) is 0 Å². The van der Waals surface area contributed by atoms with Gasteiger partial charge in [-0.1, -0.05) is 30.7 Å². The number of aliphatic carboxylic acids is 1. The van der Waals surface area contributed by atoms with Crippen molar-refractivity contribution in [3.05, 3.63) is 46.9 Å². The Labute approximate surface area is 182 Å². The van der Waals surface area contributed by atoms with Gasteiger partial charge in [-0.3, -0.25) is 4.79 Å². The summed E-state index contributed by atoms with van der Waals surface area (Å²) in [5.41, 5.74) is 0.854. The second-order valence-electron chi connectivity index (χ2n) is 8.32. The molecule has 1 fully saturated rings. The second kappa shape index (κ2) is 10.3. The maximum Gasteiger partial charge on any atom is 0.310 e. The van der Waals surface area contributed by atoms with E-state index in [9.17, 15) is 14.8 Å². The van der Waals surface area contributed by atoms with Crippen molar-refractivity contribution < 1.29 is 14.6 Å². The summed E-state index contributed by atoms with van der Waals surface area (Å²) in [6.07, 6.45) is 4.40. The van der Waals surface area contributed by atoms with Crippen LogP contribution < -0.4 is 4.74 Å². The van der Waals surface area contributed by atoms with Crippen LogP contribution in [0.3, 0.4) is 0 Å². The van der Waals surface area contributed by atoms with Gasteiger partial charge in [0.1, 0.15) is 5.75 Å².